The maximum atomic E-state index is 8.72. The number of aliphatic hydroxyl groups excluding tert-OH is 1. The molecule has 0 heterocycles. The summed E-state index contributed by atoms with van der Waals surface area (Å²) in [6, 6.07) is 0. The summed E-state index contributed by atoms with van der Waals surface area (Å²) in [5.41, 5.74) is 0. The molecule has 0 aliphatic heterocycles. The Bertz CT molecular complexity index is 35.8. The molecule has 3 N–H and O–H groups in total. The molecule has 1 unspecified atom stereocenters. The minimum Gasteiger partial charge on any atom is -0.412 e. The fourth-order valence-electron chi connectivity index (χ4n) is 0.682. The Morgan fingerprint density at radius 2 is 1.62 bits per heavy atom. The molecule has 1 atom stereocenters. The van der Waals surface area contributed by atoms with E-state index in [-0.39, 0.29) is 11.6 Å². The molecular weight excluding hydrogens is 104 g/mol. The molecule has 0 radical (unpaired) electrons. The molecule has 0 aromatic rings. The summed E-state index contributed by atoms with van der Waals surface area (Å²) in [5.74, 6) is 0.625. The van der Waals surface area contributed by atoms with E-state index in [9.17, 15) is 0 Å². The monoisotopic (exact) mass is 120 g/mol. The van der Waals surface area contributed by atoms with Crippen LogP contribution in [0.1, 0.15) is 27.2 Å². The van der Waals surface area contributed by atoms with Crippen LogP contribution < -0.4 is 0 Å². The van der Waals surface area contributed by atoms with Gasteiger partial charge in [-0.25, -0.2) is 0 Å². The molecule has 52 valence electrons. The Labute approximate surface area is 50.8 Å². The van der Waals surface area contributed by atoms with Crippen molar-refractivity contribution < 1.29 is 10.6 Å². The predicted molar refractivity (Wildman–Crippen MR) is 34.7 cm³/mol. The predicted octanol–water partition coefficient (Wildman–Crippen LogP) is 0.589. The standard InChI is InChI=1S/C6H14O.H2O/c1-5(2)4-6(3)7;/h5-7H,4H2,1-3H3;1H2. The van der Waals surface area contributed by atoms with Crippen molar-refractivity contribution in [2.45, 2.75) is 33.3 Å². The van der Waals surface area contributed by atoms with Gasteiger partial charge >= 0.3 is 0 Å². The van der Waals surface area contributed by atoms with Crippen LogP contribution in [0.4, 0.5) is 0 Å². The molecule has 0 aliphatic rings. The quantitative estimate of drug-likeness (QED) is 0.569. The summed E-state index contributed by atoms with van der Waals surface area (Å²) >= 11 is 0. The molecule has 0 aromatic carbocycles. The molecule has 2 nitrogen and oxygen atoms in total. The summed E-state index contributed by atoms with van der Waals surface area (Å²) in [5, 5.41) is 8.72. The van der Waals surface area contributed by atoms with Gasteiger partial charge in [0.2, 0.25) is 0 Å². The fraction of sp³-hybridized carbons (Fsp3) is 1.00. The van der Waals surface area contributed by atoms with Crippen LogP contribution in [0.5, 0.6) is 0 Å². The lowest BCUT2D eigenvalue weighted by Crippen LogP contribution is -2.03. The summed E-state index contributed by atoms with van der Waals surface area (Å²) < 4.78 is 0. The molecule has 0 amide bonds. The van der Waals surface area contributed by atoms with Gasteiger partial charge in [-0.15, -0.1) is 0 Å². The Hall–Kier alpha value is -0.0800. The van der Waals surface area contributed by atoms with Crippen LogP contribution in [0.25, 0.3) is 0 Å². The molecule has 0 aliphatic carbocycles. The van der Waals surface area contributed by atoms with Gasteiger partial charge in [0.1, 0.15) is 0 Å². The van der Waals surface area contributed by atoms with Crippen molar-refractivity contribution in [3.8, 4) is 0 Å². The normalized spacial score (nSPS) is 13.1. The van der Waals surface area contributed by atoms with Crippen LogP contribution in [-0.4, -0.2) is 16.7 Å². The highest BCUT2D eigenvalue weighted by molar-refractivity contribution is 4.49. The van der Waals surface area contributed by atoms with Crippen molar-refractivity contribution in [1.29, 1.82) is 0 Å². The van der Waals surface area contributed by atoms with Gasteiger partial charge in [-0.05, 0) is 19.3 Å². The number of hydrogen-bond donors (Lipinski definition) is 1. The summed E-state index contributed by atoms with van der Waals surface area (Å²) in [6.45, 7) is 6.03. The zero-order chi connectivity index (χ0) is 5.86. The topological polar surface area (TPSA) is 51.7 Å². The van der Waals surface area contributed by atoms with Crippen LogP contribution in [0, 0.1) is 5.92 Å². The highest BCUT2D eigenvalue weighted by Gasteiger charge is 1.97. The molecule has 0 bridgehead atoms. The highest BCUT2D eigenvalue weighted by atomic mass is 16.3. The summed E-state index contributed by atoms with van der Waals surface area (Å²) in [4.78, 5) is 0. The molecule has 8 heavy (non-hydrogen) atoms. The second-order valence-electron chi connectivity index (χ2n) is 2.48. The summed E-state index contributed by atoms with van der Waals surface area (Å²) in [6.07, 6.45) is 0.792. The van der Waals surface area contributed by atoms with Gasteiger partial charge in [0.25, 0.3) is 0 Å². The van der Waals surface area contributed by atoms with E-state index in [0.717, 1.165) is 6.42 Å². The van der Waals surface area contributed by atoms with E-state index in [1.807, 2.05) is 6.92 Å². The molecule has 2 heteroatoms. The van der Waals surface area contributed by atoms with Gasteiger partial charge in [0.05, 0.1) is 6.10 Å². The van der Waals surface area contributed by atoms with Crippen molar-refractivity contribution in [3.05, 3.63) is 0 Å². The molecule has 0 saturated carbocycles. The van der Waals surface area contributed by atoms with Crippen LogP contribution in [-0.2, 0) is 0 Å². The maximum absolute atomic E-state index is 8.72. The molecule has 0 rings (SSSR count). The average molecular weight is 120 g/mol. The molecule has 0 aromatic heterocycles. The van der Waals surface area contributed by atoms with E-state index in [1.165, 1.54) is 0 Å². The Kier molecular flexibility index (Phi) is 6.85. The van der Waals surface area contributed by atoms with Crippen LogP contribution in [0.3, 0.4) is 0 Å². The summed E-state index contributed by atoms with van der Waals surface area (Å²) in [7, 11) is 0. The van der Waals surface area contributed by atoms with Crippen LogP contribution in [0.2, 0.25) is 0 Å². The lowest BCUT2D eigenvalue weighted by atomic mass is 10.1. The Morgan fingerprint density at radius 3 is 1.62 bits per heavy atom. The van der Waals surface area contributed by atoms with Crippen molar-refractivity contribution >= 4 is 0 Å². The second-order valence-corrected chi connectivity index (χ2v) is 2.48. The van der Waals surface area contributed by atoms with E-state index < -0.39 is 0 Å². The largest absolute Gasteiger partial charge is 0.412 e. The smallest absolute Gasteiger partial charge is 0.0514 e. The van der Waals surface area contributed by atoms with Crippen molar-refractivity contribution in [3.63, 3.8) is 0 Å². The number of rotatable bonds is 2. The highest BCUT2D eigenvalue weighted by Crippen LogP contribution is 2.01. The number of hydrogen-bond acceptors (Lipinski definition) is 1. The number of aliphatic hydroxyl groups is 1. The third-order valence-corrected chi connectivity index (χ3v) is 0.813. The van der Waals surface area contributed by atoms with Crippen molar-refractivity contribution in [2.24, 2.45) is 5.92 Å². The molecule has 0 spiro atoms. The minimum atomic E-state index is -0.125. The maximum Gasteiger partial charge on any atom is 0.0514 e. The SMILES string of the molecule is CC(C)CC(C)O.O. The van der Waals surface area contributed by atoms with Crippen LogP contribution in [0.15, 0.2) is 0 Å². The van der Waals surface area contributed by atoms with Gasteiger partial charge in [-0.1, -0.05) is 13.8 Å². The lowest BCUT2D eigenvalue weighted by Gasteiger charge is -2.04. The third kappa shape index (κ3) is 9.33. The first-order valence-corrected chi connectivity index (χ1v) is 2.81. The van der Waals surface area contributed by atoms with Gasteiger partial charge in [-0.3, -0.25) is 0 Å². The van der Waals surface area contributed by atoms with E-state index in [4.69, 9.17) is 5.11 Å². The first kappa shape index (κ1) is 10.8. The van der Waals surface area contributed by atoms with E-state index in [1.54, 1.807) is 0 Å². The molecule has 0 fully saturated rings. The fourth-order valence-corrected chi connectivity index (χ4v) is 0.682. The van der Waals surface area contributed by atoms with Gasteiger partial charge in [0.15, 0.2) is 0 Å². The Morgan fingerprint density at radius 1 is 1.25 bits per heavy atom. The minimum absolute atomic E-state index is 0. The van der Waals surface area contributed by atoms with Crippen LogP contribution >= 0.6 is 0 Å². The lowest BCUT2D eigenvalue weighted by molar-refractivity contribution is 0.168. The van der Waals surface area contributed by atoms with Gasteiger partial charge < -0.3 is 10.6 Å². The average Bonchev–Trinajstić information content (AvgIpc) is 1.27. The molecule has 0 saturated heterocycles. The van der Waals surface area contributed by atoms with E-state index in [0.29, 0.717) is 5.92 Å². The Balaban J connectivity index is 0. The second kappa shape index (κ2) is 5.06. The van der Waals surface area contributed by atoms with Crippen molar-refractivity contribution in [1.82, 2.24) is 0 Å². The van der Waals surface area contributed by atoms with E-state index in [2.05, 4.69) is 13.8 Å². The zero-order valence-electron chi connectivity index (χ0n) is 5.81. The first-order valence-electron chi connectivity index (χ1n) is 2.81. The first-order chi connectivity index (χ1) is 3.13. The molecular formula is C6H16O2. The zero-order valence-corrected chi connectivity index (χ0v) is 5.81. The van der Waals surface area contributed by atoms with E-state index >= 15 is 0 Å². The third-order valence-electron chi connectivity index (χ3n) is 0.813. The van der Waals surface area contributed by atoms with Gasteiger partial charge in [-0.2, -0.15) is 0 Å². The van der Waals surface area contributed by atoms with Crippen molar-refractivity contribution in [2.75, 3.05) is 0 Å². The van der Waals surface area contributed by atoms with Gasteiger partial charge in [0, 0.05) is 0 Å².